The van der Waals surface area contributed by atoms with Crippen molar-refractivity contribution in [2.24, 2.45) is 11.3 Å². The quantitative estimate of drug-likeness (QED) is 0.391. The predicted octanol–water partition coefficient (Wildman–Crippen LogP) is 2.65. The molecule has 1 fully saturated rings. The molecular weight excluding hydrogens is 496 g/mol. The highest BCUT2D eigenvalue weighted by Gasteiger charge is 2.41. The van der Waals surface area contributed by atoms with Crippen LogP contribution in [0, 0.1) is 11.3 Å². The van der Waals surface area contributed by atoms with Crippen LogP contribution in [0.1, 0.15) is 61.0 Å². The molecule has 1 saturated heterocycles. The van der Waals surface area contributed by atoms with Crippen molar-refractivity contribution in [3.8, 4) is 0 Å². The minimum absolute atomic E-state index is 0.00909. The Morgan fingerprint density at radius 3 is 2.15 bits per heavy atom. The zero-order chi connectivity index (χ0) is 29.7. The van der Waals surface area contributed by atoms with Gasteiger partial charge >= 0.3 is 0 Å². The van der Waals surface area contributed by atoms with Gasteiger partial charge in [0.25, 0.3) is 5.91 Å². The van der Waals surface area contributed by atoms with Crippen LogP contribution >= 0.6 is 0 Å². The molecule has 1 aromatic carbocycles. The number of benzene rings is 1. The van der Waals surface area contributed by atoms with Gasteiger partial charge in [-0.2, -0.15) is 0 Å². The number of likely N-dealkylation sites (N-methyl/N-ethyl adjacent to an activating group) is 2. The van der Waals surface area contributed by atoms with Crippen LogP contribution in [-0.4, -0.2) is 84.3 Å². The van der Waals surface area contributed by atoms with Crippen molar-refractivity contribution in [1.29, 1.82) is 0 Å². The third-order valence-electron chi connectivity index (χ3n) is 7.45. The van der Waals surface area contributed by atoms with Crippen LogP contribution in [0.5, 0.6) is 0 Å². The molecule has 1 unspecified atom stereocenters. The minimum atomic E-state index is -0.805. The summed E-state index contributed by atoms with van der Waals surface area (Å²) in [5.41, 5.74) is 0.309. The summed E-state index contributed by atoms with van der Waals surface area (Å²) >= 11 is 0. The molecule has 1 aliphatic heterocycles. The first-order valence-electron chi connectivity index (χ1n) is 13.6. The van der Waals surface area contributed by atoms with Gasteiger partial charge in [-0.1, -0.05) is 84.9 Å². The lowest BCUT2D eigenvalue weighted by molar-refractivity contribution is -0.164. The van der Waals surface area contributed by atoms with Crippen molar-refractivity contribution in [3.05, 3.63) is 47.5 Å². The first-order valence-corrected chi connectivity index (χ1v) is 13.6. The Morgan fingerprint density at radius 1 is 1.10 bits per heavy atom. The van der Waals surface area contributed by atoms with E-state index in [1.165, 1.54) is 0 Å². The summed E-state index contributed by atoms with van der Waals surface area (Å²) in [5.74, 6) is -0.865. The van der Waals surface area contributed by atoms with Crippen LogP contribution in [-0.2, 0) is 24.6 Å². The Bertz CT molecular complexity index is 1030. The molecule has 9 nitrogen and oxygen atoms in total. The third kappa shape index (κ3) is 7.90. The summed E-state index contributed by atoms with van der Waals surface area (Å²) in [6, 6.07) is 8.03. The van der Waals surface area contributed by atoms with Gasteiger partial charge in [0, 0.05) is 18.0 Å². The van der Waals surface area contributed by atoms with Gasteiger partial charge in [-0.25, -0.2) is 5.06 Å². The molecule has 1 aromatic rings. The second-order valence-corrected chi connectivity index (χ2v) is 12.5. The van der Waals surface area contributed by atoms with Crippen LogP contribution in [0.3, 0.4) is 0 Å². The van der Waals surface area contributed by atoms with E-state index in [0.717, 1.165) is 10.6 Å². The average Bonchev–Trinajstić information content (AvgIpc) is 3.30. The maximum absolute atomic E-state index is 14.0. The molecule has 1 heterocycles. The predicted molar refractivity (Wildman–Crippen MR) is 153 cm³/mol. The number of aliphatic hydroxyl groups excluding tert-OH is 1. The Labute approximate surface area is 233 Å². The van der Waals surface area contributed by atoms with E-state index in [2.05, 4.69) is 10.6 Å². The minimum Gasteiger partial charge on any atom is -0.389 e. The van der Waals surface area contributed by atoms with Gasteiger partial charge in [0.2, 0.25) is 11.8 Å². The maximum atomic E-state index is 14.0. The highest BCUT2D eigenvalue weighted by atomic mass is 16.7. The van der Waals surface area contributed by atoms with E-state index >= 15 is 0 Å². The number of hydroxylamine groups is 2. The molecular formula is C30H48N4O5. The standard InChI is InChI=1S/C30H48N4O5/c1-19(2)23(16-20(3)27(37)34-17-22(35)18-39-34)33(10)28(38)25(29(4,5)6)32-26(36)24(31-9)30(7,8)21-14-12-11-13-15-21/h11-16,19,22-25,31,35H,17-18H2,1-10H3,(H,32,36)/t22?,23-,24-,25-/m1/s1. The molecule has 0 radical (unpaired) electrons. The van der Waals surface area contributed by atoms with Gasteiger partial charge in [-0.15, -0.1) is 0 Å². The Morgan fingerprint density at radius 2 is 1.69 bits per heavy atom. The molecule has 39 heavy (non-hydrogen) atoms. The molecule has 0 bridgehead atoms. The molecule has 3 amide bonds. The lowest BCUT2D eigenvalue weighted by atomic mass is 9.76. The number of amides is 3. The number of nitrogens with one attached hydrogen (secondary N) is 2. The number of nitrogens with zero attached hydrogens (tertiary/aromatic N) is 2. The molecule has 9 heteroatoms. The molecule has 218 valence electrons. The number of β-amino-alcohol motifs (C(OH)–C–C–N with tert-alkyl or cyclic N) is 1. The summed E-state index contributed by atoms with van der Waals surface area (Å²) < 4.78 is 0. The highest BCUT2D eigenvalue weighted by molar-refractivity contribution is 5.93. The number of hydrogen-bond acceptors (Lipinski definition) is 6. The topological polar surface area (TPSA) is 111 Å². The van der Waals surface area contributed by atoms with Crippen molar-refractivity contribution >= 4 is 17.7 Å². The fourth-order valence-electron chi connectivity index (χ4n) is 4.97. The van der Waals surface area contributed by atoms with Crippen molar-refractivity contribution in [3.63, 3.8) is 0 Å². The van der Waals surface area contributed by atoms with Gasteiger partial charge < -0.3 is 20.6 Å². The zero-order valence-electron chi connectivity index (χ0n) is 25.2. The largest absolute Gasteiger partial charge is 0.389 e. The molecule has 1 aliphatic rings. The molecule has 4 atom stereocenters. The highest BCUT2D eigenvalue weighted by Crippen LogP contribution is 2.29. The number of carbonyl (C=O) groups is 3. The van der Waals surface area contributed by atoms with Gasteiger partial charge in [0.1, 0.15) is 18.8 Å². The van der Waals surface area contributed by atoms with Crippen molar-refractivity contribution in [2.45, 2.75) is 85.0 Å². The number of carbonyl (C=O) groups excluding carboxylic acids is 3. The summed E-state index contributed by atoms with van der Waals surface area (Å²) in [6.07, 6.45) is 1.05. The van der Waals surface area contributed by atoms with Crippen molar-refractivity contribution in [2.75, 3.05) is 27.2 Å². The van der Waals surface area contributed by atoms with Gasteiger partial charge in [-0.3, -0.25) is 19.2 Å². The lowest BCUT2D eigenvalue weighted by Gasteiger charge is -2.40. The van der Waals surface area contributed by atoms with Crippen LogP contribution in [0.25, 0.3) is 0 Å². The summed E-state index contributed by atoms with van der Waals surface area (Å²) in [6.45, 7) is 15.6. The second-order valence-electron chi connectivity index (χ2n) is 12.5. The smallest absolute Gasteiger partial charge is 0.272 e. The summed E-state index contributed by atoms with van der Waals surface area (Å²) in [5, 5.41) is 17.1. The van der Waals surface area contributed by atoms with Crippen LogP contribution < -0.4 is 10.6 Å². The SMILES string of the molecule is CN[C@H](C(=O)N[C@H](C(=O)N(C)[C@H](C=C(C)C(=O)N1CC(O)CO1)C(C)C)C(C)(C)C)C(C)(C)c1ccccc1. The first-order chi connectivity index (χ1) is 18.0. The van der Waals surface area contributed by atoms with E-state index in [1.807, 2.05) is 78.8 Å². The second kappa shape index (κ2) is 13.1. The summed E-state index contributed by atoms with van der Waals surface area (Å²) in [7, 11) is 3.45. The number of aliphatic hydroxyl groups is 1. The molecule has 3 N–H and O–H groups in total. The van der Waals surface area contributed by atoms with Crippen LogP contribution in [0.4, 0.5) is 0 Å². The van der Waals surface area contributed by atoms with Crippen LogP contribution in [0.15, 0.2) is 42.0 Å². The number of rotatable bonds is 10. The maximum Gasteiger partial charge on any atom is 0.272 e. The normalized spacial score (nSPS) is 19.0. The third-order valence-corrected chi connectivity index (χ3v) is 7.45. The van der Waals surface area contributed by atoms with Gasteiger partial charge in [0.05, 0.1) is 18.6 Å². The Balaban J connectivity index is 2.31. The molecule has 0 spiro atoms. The van der Waals surface area contributed by atoms with Gasteiger partial charge in [-0.05, 0) is 30.9 Å². The monoisotopic (exact) mass is 544 g/mol. The van der Waals surface area contributed by atoms with E-state index in [9.17, 15) is 19.5 Å². The van der Waals surface area contributed by atoms with Crippen LogP contribution in [0.2, 0.25) is 0 Å². The summed E-state index contributed by atoms with van der Waals surface area (Å²) in [4.78, 5) is 47.4. The lowest BCUT2D eigenvalue weighted by Crippen LogP contribution is -2.61. The van der Waals surface area contributed by atoms with E-state index < -0.39 is 35.1 Å². The zero-order valence-corrected chi connectivity index (χ0v) is 25.2. The Hall–Kier alpha value is -2.75. The fourth-order valence-corrected chi connectivity index (χ4v) is 4.97. The van der Waals surface area contributed by atoms with E-state index in [1.54, 1.807) is 32.0 Å². The van der Waals surface area contributed by atoms with Crippen molar-refractivity contribution < 1.29 is 24.3 Å². The molecule has 0 aromatic heterocycles. The first kappa shape index (κ1) is 32.5. The van der Waals surface area contributed by atoms with Gasteiger partial charge in [0.15, 0.2) is 0 Å². The van der Waals surface area contributed by atoms with E-state index in [4.69, 9.17) is 4.84 Å². The Kier molecular flexibility index (Phi) is 10.9. The number of hydrogen-bond donors (Lipinski definition) is 3. The van der Waals surface area contributed by atoms with E-state index in [-0.39, 0.29) is 36.8 Å². The van der Waals surface area contributed by atoms with Crippen molar-refractivity contribution in [1.82, 2.24) is 20.6 Å². The average molecular weight is 545 g/mol. The molecule has 2 rings (SSSR count). The molecule has 0 aliphatic carbocycles. The van der Waals surface area contributed by atoms with E-state index in [0.29, 0.717) is 5.57 Å². The molecule has 0 saturated carbocycles. The fraction of sp³-hybridized carbons (Fsp3) is 0.633.